The third-order valence-electron chi connectivity index (χ3n) is 6.07. The van der Waals surface area contributed by atoms with Gasteiger partial charge in [0.25, 0.3) is 12.3 Å². The van der Waals surface area contributed by atoms with Crippen LogP contribution in [0.25, 0.3) is 11.3 Å². The molecule has 12 nitrogen and oxygen atoms in total. The molecule has 3 aromatic rings. The largest absolute Gasteiger partial charge is 0.363 e. The van der Waals surface area contributed by atoms with Gasteiger partial charge in [0.15, 0.2) is 17.3 Å². The molecule has 2 aliphatic rings. The number of alkyl halides is 2. The Balaban J connectivity index is 1.55. The zero-order chi connectivity index (χ0) is 28.1. The van der Waals surface area contributed by atoms with Crippen LogP contribution in [0.1, 0.15) is 46.1 Å². The fraction of sp³-hybridized carbons (Fsp3) is 0.409. The predicted octanol–water partition coefficient (Wildman–Crippen LogP) is 2.36. The quantitative estimate of drug-likeness (QED) is 0.444. The Labute approximate surface area is 208 Å². The molecule has 1 atom stereocenters. The van der Waals surface area contributed by atoms with Crippen molar-refractivity contribution in [3.63, 3.8) is 0 Å². The molecule has 4 heterocycles. The van der Waals surface area contributed by atoms with Gasteiger partial charge in [-0.3, -0.25) is 9.59 Å². The molecule has 2 amide bonds. The molecule has 3 N–H and O–H groups in total. The Kier molecular flexibility index (Phi) is 5.05. The van der Waals surface area contributed by atoms with Gasteiger partial charge in [-0.15, -0.1) is 10.2 Å². The Hall–Kier alpha value is -4.23. The van der Waals surface area contributed by atoms with E-state index in [1.54, 1.807) is 13.1 Å². The molecule has 0 unspecified atom stereocenters. The van der Waals surface area contributed by atoms with Crippen molar-refractivity contribution >= 4 is 34.8 Å². The SMILES string of the molecule is [2H]C([2H])([2H])NC(=O)c1nnc(NC(=O)C2CC2)cc1Nc1nccc2c1N(C)[C@H](C)c1nn(CC(F)F)nc1-2. The number of carbonyl (C=O) groups excluding carboxylic acids is 2. The van der Waals surface area contributed by atoms with E-state index in [0.29, 0.717) is 22.6 Å². The van der Waals surface area contributed by atoms with Gasteiger partial charge in [0.2, 0.25) is 5.91 Å². The minimum absolute atomic E-state index is 0.0342. The molecule has 0 aromatic carbocycles. The maximum Gasteiger partial charge on any atom is 0.273 e. The molecule has 1 aliphatic heterocycles. The molecule has 0 spiro atoms. The molecule has 3 aromatic heterocycles. The van der Waals surface area contributed by atoms with E-state index in [0.717, 1.165) is 17.6 Å². The number of halogens is 2. The summed E-state index contributed by atoms with van der Waals surface area (Å²) in [5.41, 5.74) is 1.70. The molecule has 188 valence electrons. The average molecular weight is 502 g/mol. The first-order chi connectivity index (χ1) is 18.4. The first-order valence-electron chi connectivity index (χ1n) is 12.6. The topological polar surface area (TPSA) is 143 Å². The number of hydrogen-bond acceptors (Lipinski definition) is 9. The zero-order valence-electron chi connectivity index (χ0n) is 22.3. The summed E-state index contributed by atoms with van der Waals surface area (Å²) < 4.78 is 48.1. The van der Waals surface area contributed by atoms with Crippen LogP contribution >= 0.6 is 0 Å². The van der Waals surface area contributed by atoms with Crippen LogP contribution in [0.2, 0.25) is 0 Å². The monoisotopic (exact) mass is 501 g/mol. The van der Waals surface area contributed by atoms with Crippen molar-refractivity contribution in [2.75, 3.05) is 29.6 Å². The number of pyridine rings is 1. The van der Waals surface area contributed by atoms with E-state index in [9.17, 15) is 18.4 Å². The molecule has 5 rings (SSSR count). The van der Waals surface area contributed by atoms with Gasteiger partial charge in [-0.05, 0) is 25.8 Å². The lowest BCUT2D eigenvalue weighted by atomic mass is 9.99. The summed E-state index contributed by atoms with van der Waals surface area (Å²) in [5, 5.41) is 23.8. The Morgan fingerprint density at radius 1 is 1.28 bits per heavy atom. The third kappa shape index (κ3) is 4.29. The summed E-state index contributed by atoms with van der Waals surface area (Å²) in [4.78, 5) is 32.2. The van der Waals surface area contributed by atoms with E-state index in [1.807, 2.05) is 17.1 Å². The highest BCUT2D eigenvalue weighted by Crippen LogP contribution is 2.45. The minimum atomic E-state index is -2.78. The number of hydrogen-bond donors (Lipinski definition) is 3. The number of aromatic nitrogens is 6. The number of fused-ring (bicyclic) bond motifs is 3. The van der Waals surface area contributed by atoms with Crippen LogP contribution in [-0.2, 0) is 11.3 Å². The highest BCUT2D eigenvalue weighted by Gasteiger charge is 2.34. The molecule has 0 bridgehead atoms. The van der Waals surface area contributed by atoms with Crippen LogP contribution in [0.15, 0.2) is 18.3 Å². The Bertz CT molecular complexity index is 1440. The van der Waals surface area contributed by atoms with Gasteiger partial charge >= 0.3 is 0 Å². The van der Waals surface area contributed by atoms with Crippen LogP contribution < -0.4 is 20.9 Å². The van der Waals surface area contributed by atoms with Crippen molar-refractivity contribution in [2.24, 2.45) is 5.92 Å². The second-order valence-electron chi connectivity index (χ2n) is 8.56. The number of nitrogens with zero attached hydrogens (tertiary/aromatic N) is 7. The van der Waals surface area contributed by atoms with Gasteiger partial charge < -0.3 is 20.9 Å². The normalized spacial score (nSPS) is 18.0. The Morgan fingerprint density at radius 3 is 2.81 bits per heavy atom. The van der Waals surface area contributed by atoms with E-state index >= 15 is 0 Å². The summed E-state index contributed by atoms with van der Waals surface area (Å²) in [6.45, 7) is -1.61. The van der Waals surface area contributed by atoms with E-state index in [4.69, 9.17) is 4.11 Å². The summed E-state index contributed by atoms with van der Waals surface area (Å²) >= 11 is 0. The van der Waals surface area contributed by atoms with Gasteiger partial charge in [0, 0.05) is 41.9 Å². The third-order valence-corrected chi connectivity index (χ3v) is 6.07. The molecule has 1 saturated carbocycles. The van der Waals surface area contributed by atoms with Crippen LogP contribution in [-0.4, -0.2) is 62.4 Å². The molecular formula is C22H24F2N10O2. The molecule has 0 saturated heterocycles. The lowest BCUT2D eigenvalue weighted by molar-refractivity contribution is -0.117. The fourth-order valence-electron chi connectivity index (χ4n) is 3.99. The highest BCUT2D eigenvalue weighted by molar-refractivity contribution is 6.00. The first kappa shape index (κ1) is 20.0. The smallest absolute Gasteiger partial charge is 0.273 e. The molecule has 0 radical (unpaired) electrons. The maximum absolute atomic E-state index is 13.0. The molecule has 1 fully saturated rings. The number of anilines is 4. The first-order valence-corrected chi connectivity index (χ1v) is 11.1. The standard InChI is InChI=1S/C22H24F2N10O2/c1-10-16-17(32-34(31-16)9-14(23)24)12-6-7-26-20(19(12)33(10)3)27-13-8-15(28-21(35)11-4-5-11)29-30-18(13)22(36)25-2/h6-8,10-11,14H,4-5,9H2,1-3H3,(H,25,36)(H2,26,27,28,29,35)/t10-/m1/s1/i2D3. The van der Waals surface area contributed by atoms with Crippen molar-refractivity contribution in [3.05, 3.63) is 29.7 Å². The van der Waals surface area contributed by atoms with Gasteiger partial charge in [-0.2, -0.15) is 15.0 Å². The van der Waals surface area contributed by atoms with E-state index in [2.05, 4.69) is 36.0 Å². The lowest BCUT2D eigenvalue weighted by Crippen LogP contribution is -2.28. The van der Waals surface area contributed by atoms with Crippen molar-refractivity contribution in [1.82, 2.24) is 35.5 Å². The zero-order valence-corrected chi connectivity index (χ0v) is 19.3. The van der Waals surface area contributed by atoms with E-state index in [1.165, 1.54) is 12.3 Å². The lowest BCUT2D eigenvalue weighted by Gasteiger charge is -2.33. The van der Waals surface area contributed by atoms with Crippen LogP contribution in [0.3, 0.4) is 0 Å². The molecule has 14 heteroatoms. The van der Waals surface area contributed by atoms with E-state index in [-0.39, 0.29) is 40.9 Å². The van der Waals surface area contributed by atoms with Crippen molar-refractivity contribution in [3.8, 4) is 11.3 Å². The van der Waals surface area contributed by atoms with Crippen LogP contribution in [0.4, 0.5) is 31.8 Å². The summed E-state index contributed by atoms with van der Waals surface area (Å²) in [5.74, 6) is -1.07. The van der Waals surface area contributed by atoms with Crippen molar-refractivity contribution in [1.29, 1.82) is 0 Å². The fourth-order valence-corrected chi connectivity index (χ4v) is 3.99. The second-order valence-corrected chi connectivity index (χ2v) is 8.56. The Morgan fingerprint density at radius 2 is 2.08 bits per heavy atom. The minimum Gasteiger partial charge on any atom is -0.363 e. The highest BCUT2D eigenvalue weighted by atomic mass is 19.3. The van der Waals surface area contributed by atoms with Gasteiger partial charge in [-0.1, -0.05) is 0 Å². The maximum atomic E-state index is 13.0. The van der Waals surface area contributed by atoms with Crippen molar-refractivity contribution in [2.45, 2.75) is 38.8 Å². The number of carbonyl (C=O) groups is 2. The molecular weight excluding hydrogens is 474 g/mol. The summed E-state index contributed by atoms with van der Waals surface area (Å²) in [6, 6.07) is 2.66. The average Bonchev–Trinajstić information content (AvgIpc) is 3.61. The molecule has 1 aliphatic carbocycles. The summed E-state index contributed by atoms with van der Waals surface area (Å²) in [7, 11) is 1.76. The van der Waals surface area contributed by atoms with Gasteiger partial charge in [-0.25, -0.2) is 13.8 Å². The number of amides is 2. The van der Waals surface area contributed by atoms with E-state index < -0.39 is 25.9 Å². The van der Waals surface area contributed by atoms with Gasteiger partial charge in [0.05, 0.1) is 17.4 Å². The summed E-state index contributed by atoms with van der Waals surface area (Å²) in [6.07, 6.45) is 0.359. The van der Waals surface area contributed by atoms with Crippen LogP contribution in [0.5, 0.6) is 0 Å². The van der Waals surface area contributed by atoms with Gasteiger partial charge in [0.1, 0.15) is 17.9 Å². The molecule has 36 heavy (non-hydrogen) atoms. The van der Waals surface area contributed by atoms with Crippen LogP contribution in [0, 0.1) is 5.92 Å². The predicted molar refractivity (Wildman–Crippen MR) is 126 cm³/mol. The van der Waals surface area contributed by atoms with Crippen molar-refractivity contribution < 1.29 is 22.5 Å². The number of nitrogens with one attached hydrogen (secondary N) is 3. The second kappa shape index (κ2) is 9.09. The number of rotatable bonds is 7.